The zero-order valence-electron chi connectivity index (χ0n) is 10.8. The molecule has 0 saturated heterocycles. The predicted molar refractivity (Wildman–Crippen MR) is 74.2 cm³/mol. The molecular formula is C14H17NO3S. The van der Waals surface area contributed by atoms with Gasteiger partial charge >= 0.3 is 0 Å². The Bertz CT molecular complexity index is 617. The number of furan rings is 1. The molecule has 5 heteroatoms. The summed E-state index contributed by atoms with van der Waals surface area (Å²) in [4.78, 5) is 0. The first-order valence-electron chi connectivity index (χ1n) is 6.05. The first-order chi connectivity index (χ1) is 9.09. The second-order valence-electron chi connectivity index (χ2n) is 4.42. The van der Waals surface area contributed by atoms with Gasteiger partial charge in [-0.05, 0) is 24.7 Å². The zero-order chi connectivity index (χ0) is 13.7. The SMILES string of the molecule is CNCc1ccc(CS(=O)(=O)Cc2ccccc2)o1. The Morgan fingerprint density at radius 1 is 1.00 bits per heavy atom. The van der Waals surface area contributed by atoms with Crippen molar-refractivity contribution in [2.45, 2.75) is 18.1 Å². The molecule has 1 aromatic heterocycles. The maximum atomic E-state index is 12.1. The fraction of sp³-hybridized carbons (Fsp3) is 0.286. The van der Waals surface area contributed by atoms with Gasteiger partial charge in [-0.3, -0.25) is 0 Å². The highest BCUT2D eigenvalue weighted by Gasteiger charge is 2.15. The standard InChI is InChI=1S/C14H17NO3S/c1-15-9-13-7-8-14(18-13)11-19(16,17)10-12-5-3-2-4-6-12/h2-8,15H,9-11H2,1H3. The third kappa shape index (κ3) is 4.22. The highest BCUT2D eigenvalue weighted by atomic mass is 32.2. The van der Waals surface area contributed by atoms with Crippen LogP contribution in [-0.2, 0) is 27.9 Å². The first kappa shape index (κ1) is 13.8. The van der Waals surface area contributed by atoms with Crippen LogP contribution in [0.1, 0.15) is 17.1 Å². The number of nitrogens with one attached hydrogen (secondary N) is 1. The van der Waals surface area contributed by atoms with Crippen LogP contribution in [0.2, 0.25) is 0 Å². The van der Waals surface area contributed by atoms with Gasteiger partial charge in [-0.1, -0.05) is 30.3 Å². The topological polar surface area (TPSA) is 59.3 Å². The minimum atomic E-state index is -3.20. The zero-order valence-corrected chi connectivity index (χ0v) is 11.6. The van der Waals surface area contributed by atoms with E-state index in [1.165, 1.54) is 0 Å². The van der Waals surface area contributed by atoms with Gasteiger partial charge in [0.1, 0.15) is 17.3 Å². The summed E-state index contributed by atoms with van der Waals surface area (Å²) in [5.41, 5.74) is 0.796. The molecule has 0 unspecified atom stereocenters. The van der Waals surface area contributed by atoms with Gasteiger partial charge < -0.3 is 9.73 Å². The van der Waals surface area contributed by atoms with Crippen molar-refractivity contribution in [3.8, 4) is 0 Å². The van der Waals surface area contributed by atoms with Crippen LogP contribution in [-0.4, -0.2) is 15.5 Å². The molecule has 0 aliphatic rings. The van der Waals surface area contributed by atoms with Gasteiger partial charge in [-0.15, -0.1) is 0 Å². The molecular weight excluding hydrogens is 262 g/mol. The molecule has 2 rings (SSSR count). The molecule has 2 aromatic rings. The molecule has 0 aliphatic carbocycles. The molecule has 0 aliphatic heterocycles. The summed E-state index contributed by atoms with van der Waals surface area (Å²) in [6.07, 6.45) is 0. The number of sulfone groups is 1. The normalized spacial score (nSPS) is 11.6. The van der Waals surface area contributed by atoms with Crippen LogP contribution >= 0.6 is 0 Å². The number of hydrogen-bond donors (Lipinski definition) is 1. The molecule has 0 radical (unpaired) electrons. The lowest BCUT2D eigenvalue weighted by Crippen LogP contribution is -2.07. The van der Waals surface area contributed by atoms with E-state index in [1.807, 2.05) is 37.4 Å². The average Bonchev–Trinajstić information content (AvgIpc) is 2.77. The van der Waals surface area contributed by atoms with Crippen LogP contribution in [0.15, 0.2) is 46.9 Å². The van der Waals surface area contributed by atoms with Crippen molar-refractivity contribution in [3.05, 3.63) is 59.5 Å². The Morgan fingerprint density at radius 3 is 2.37 bits per heavy atom. The third-order valence-electron chi connectivity index (χ3n) is 2.66. The summed E-state index contributed by atoms with van der Waals surface area (Å²) < 4.78 is 29.6. The van der Waals surface area contributed by atoms with Crippen LogP contribution in [0.25, 0.3) is 0 Å². The molecule has 1 aromatic carbocycles. The van der Waals surface area contributed by atoms with Crippen LogP contribution in [0, 0.1) is 0 Å². The molecule has 19 heavy (non-hydrogen) atoms. The van der Waals surface area contributed by atoms with E-state index in [1.54, 1.807) is 12.1 Å². The monoisotopic (exact) mass is 279 g/mol. The molecule has 1 N–H and O–H groups in total. The lowest BCUT2D eigenvalue weighted by molar-refractivity contribution is 0.465. The van der Waals surface area contributed by atoms with E-state index >= 15 is 0 Å². The van der Waals surface area contributed by atoms with E-state index in [0.29, 0.717) is 12.3 Å². The summed E-state index contributed by atoms with van der Waals surface area (Å²) in [6, 6.07) is 12.7. The lowest BCUT2D eigenvalue weighted by Gasteiger charge is -2.02. The maximum Gasteiger partial charge on any atom is 0.161 e. The molecule has 0 amide bonds. The quantitative estimate of drug-likeness (QED) is 0.880. The highest BCUT2D eigenvalue weighted by molar-refractivity contribution is 7.89. The molecule has 0 saturated carbocycles. The van der Waals surface area contributed by atoms with E-state index in [-0.39, 0.29) is 11.5 Å². The lowest BCUT2D eigenvalue weighted by atomic mass is 10.2. The first-order valence-corrected chi connectivity index (χ1v) is 7.88. The number of hydrogen-bond acceptors (Lipinski definition) is 4. The van der Waals surface area contributed by atoms with Gasteiger partial charge in [-0.25, -0.2) is 8.42 Å². The smallest absolute Gasteiger partial charge is 0.161 e. The van der Waals surface area contributed by atoms with Crippen molar-refractivity contribution in [3.63, 3.8) is 0 Å². The molecule has 0 spiro atoms. The van der Waals surface area contributed by atoms with Gasteiger partial charge in [0.25, 0.3) is 0 Å². The molecule has 0 bridgehead atoms. The van der Waals surface area contributed by atoms with Crippen LogP contribution in [0.4, 0.5) is 0 Å². The largest absolute Gasteiger partial charge is 0.464 e. The van der Waals surface area contributed by atoms with Crippen molar-refractivity contribution in [1.29, 1.82) is 0 Å². The summed E-state index contributed by atoms with van der Waals surface area (Å²) in [5.74, 6) is 1.20. The fourth-order valence-corrected chi connectivity index (χ4v) is 3.26. The van der Waals surface area contributed by atoms with Crippen molar-refractivity contribution in [2.75, 3.05) is 7.05 Å². The van der Waals surface area contributed by atoms with Gasteiger partial charge in [0, 0.05) is 0 Å². The van der Waals surface area contributed by atoms with Crippen molar-refractivity contribution in [1.82, 2.24) is 5.32 Å². The Morgan fingerprint density at radius 2 is 1.68 bits per heavy atom. The highest BCUT2D eigenvalue weighted by Crippen LogP contribution is 2.15. The predicted octanol–water partition coefficient (Wildman–Crippen LogP) is 2.11. The average molecular weight is 279 g/mol. The molecule has 102 valence electrons. The Hall–Kier alpha value is -1.59. The van der Waals surface area contributed by atoms with E-state index < -0.39 is 9.84 Å². The second kappa shape index (κ2) is 6.04. The van der Waals surface area contributed by atoms with E-state index in [2.05, 4.69) is 5.32 Å². The summed E-state index contributed by atoms with van der Waals surface area (Å²) in [5, 5.41) is 2.96. The van der Waals surface area contributed by atoms with Gasteiger partial charge in [0.2, 0.25) is 0 Å². The molecule has 0 atom stereocenters. The second-order valence-corrected chi connectivity index (χ2v) is 6.48. The molecule has 0 fully saturated rings. The van der Waals surface area contributed by atoms with Gasteiger partial charge in [0.05, 0.1) is 12.3 Å². The maximum absolute atomic E-state index is 12.1. The van der Waals surface area contributed by atoms with Crippen molar-refractivity contribution >= 4 is 9.84 Å². The minimum Gasteiger partial charge on any atom is -0.464 e. The van der Waals surface area contributed by atoms with Crippen LogP contribution in [0.3, 0.4) is 0 Å². The minimum absolute atomic E-state index is 0.0376. The van der Waals surface area contributed by atoms with Crippen LogP contribution in [0.5, 0.6) is 0 Å². The van der Waals surface area contributed by atoms with E-state index in [9.17, 15) is 8.42 Å². The van der Waals surface area contributed by atoms with Gasteiger partial charge in [-0.2, -0.15) is 0 Å². The summed E-state index contributed by atoms with van der Waals surface area (Å²) in [6.45, 7) is 0.596. The van der Waals surface area contributed by atoms with E-state index in [4.69, 9.17) is 4.42 Å². The Labute approximate surface area is 113 Å². The molecule has 1 heterocycles. The number of benzene rings is 1. The Kier molecular flexibility index (Phi) is 4.39. The van der Waals surface area contributed by atoms with E-state index in [0.717, 1.165) is 11.3 Å². The van der Waals surface area contributed by atoms with Crippen molar-refractivity contribution < 1.29 is 12.8 Å². The van der Waals surface area contributed by atoms with Crippen molar-refractivity contribution in [2.24, 2.45) is 0 Å². The van der Waals surface area contributed by atoms with Gasteiger partial charge in [0.15, 0.2) is 9.84 Å². The fourth-order valence-electron chi connectivity index (χ4n) is 1.87. The third-order valence-corrected chi connectivity index (χ3v) is 4.16. The summed E-state index contributed by atoms with van der Waals surface area (Å²) >= 11 is 0. The Balaban J connectivity index is 2.04. The summed E-state index contributed by atoms with van der Waals surface area (Å²) in [7, 11) is -1.39. The molecule has 4 nitrogen and oxygen atoms in total. The van der Waals surface area contributed by atoms with Crippen LogP contribution < -0.4 is 5.32 Å². The number of rotatable bonds is 6.